The quantitative estimate of drug-likeness (QED) is 0.855. The number of aromatic nitrogens is 2. The third-order valence-corrected chi connectivity index (χ3v) is 5.58. The van der Waals surface area contributed by atoms with E-state index in [0.717, 1.165) is 48.5 Å². The Hall–Kier alpha value is -2.34. The van der Waals surface area contributed by atoms with E-state index in [9.17, 15) is 4.79 Å². The maximum Gasteiger partial charge on any atom is 0.224 e. The molecule has 0 saturated carbocycles. The van der Waals surface area contributed by atoms with E-state index >= 15 is 0 Å². The standard InChI is InChI=1S/C20H26N4O2/c1-23-7-5-15-10-20(25)22-18-4-3-14(17-11-21-24(2)13-17)9-19(18)26-8-6-16(15)12-23/h3-4,9,11,13,15-16H,5-8,10,12H2,1-2H3,(H,22,25)/t15-,16-/m0/s1. The predicted octanol–water partition coefficient (Wildman–Crippen LogP) is 2.77. The van der Waals surface area contributed by atoms with Gasteiger partial charge in [0.25, 0.3) is 0 Å². The molecule has 1 aromatic carbocycles. The van der Waals surface area contributed by atoms with Crippen LogP contribution < -0.4 is 10.1 Å². The molecule has 138 valence electrons. The number of hydrogen-bond donors (Lipinski definition) is 1. The summed E-state index contributed by atoms with van der Waals surface area (Å²) in [6.07, 6.45) is 6.48. The van der Waals surface area contributed by atoms with Crippen molar-refractivity contribution >= 4 is 11.6 Å². The molecule has 0 spiro atoms. The van der Waals surface area contributed by atoms with Crippen LogP contribution in [0.2, 0.25) is 0 Å². The van der Waals surface area contributed by atoms with Gasteiger partial charge < -0.3 is 15.0 Å². The van der Waals surface area contributed by atoms with Gasteiger partial charge in [-0.1, -0.05) is 6.07 Å². The average Bonchev–Trinajstić information content (AvgIpc) is 3.05. The smallest absolute Gasteiger partial charge is 0.224 e. The highest BCUT2D eigenvalue weighted by atomic mass is 16.5. The van der Waals surface area contributed by atoms with Gasteiger partial charge in [-0.2, -0.15) is 5.10 Å². The number of fused-ring (bicyclic) bond motifs is 2. The third-order valence-electron chi connectivity index (χ3n) is 5.58. The van der Waals surface area contributed by atoms with Crippen LogP contribution in [0.15, 0.2) is 30.6 Å². The van der Waals surface area contributed by atoms with Crippen LogP contribution in [-0.4, -0.2) is 47.3 Å². The summed E-state index contributed by atoms with van der Waals surface area (Å²) in [4.78, 5) is 14.9. The first-order valence-corrected chi connectivity index (χ1v) is 9.33. The molecule has 3 heterocycles. The first kappa shape index (κ1) is 17.1. The normalized spacial score (nSPS) is 24.2. The zero-order valence-corrected chi connectivity index (χ0v) is 15.4. The van der Waals surface area contributed by atoms with E-state index < -0.39 is 0 Å². The van der Waals surface area contributed by atoms with Gasteiger partial charge in [-0.05, 0) is 56.0 Å². The zero-order chi connectivity index (χ0) is 18.1. The van der Waals surface area contributed by atoms with Crippen LogP contribution in [0.4, 0.5) is 5.69 Å². The summed E-state index contributed by atoms with van der Waals surface area (Å²) in [6.45, 7) is 2.79. The van der Waals surface area contributed by atoms with E-state index in [1.807, 2.05) is 37.6 Å². The molecule has 0 aliphatic carbocycles. The van der Waals surface area contributed by atoms with Crippen LogP contribution in [0.3, 0.4) is 0 Å². The van der Waals surface area contributed by atoms with Crippen molar-refractivity contribution < 1.29 is 9.53 Å². The second-order valence-corrected chi connectivity index (χ2v) is 7.57. The number of anilines is 1. The largest absolute Gasteiger partial charge is 0.491 e. The molecule has 1 fully saturated rings. The molecule has 1 amide bonds. The average molecular weight is 354 g/mol. The SMILES string of the molecule is CN1CC[C@H]2CC(=O)Nc3ccc(-c4cnn(C)c4)cc3OCC[C@H]2C1. The number of likely N-dealkylation sites (tertiary alicyclic amines) is 1. The maximum absolute atomic E-state index is 12.6. The molecule has 2 atom stereocenters. The van der Waals surface area contributed by atoms with Crippen molar-refractivity contribution in [3.05, 3.63) is 30.6 Å². The number of ether oxygens (including phenoxy) is 1. The Morgan fingerprint density at radius 3 is 2.88 bits per heavy atom. The number of rotatable bonds is 1. The Balaban J connectivity index is 1.59. The maximum atomic E-state index is 12.6. The van der Waals surface area contributed by atoms with Crippen LogP contribution in [-0.2, 0) is 11.8 Å². The summed E-state index contributed by atoms with van der Waals surface area (Å²) in [7, 11) is 4.06. The van der Waals surface area contributed by atoms with Gasteiger partial charge >= 0.3 is 0 Å². The minimum absolute atomic E-state index is 0.0884. The van der Waals surface area contributed by atoms with Gasteiger partial charge in [0.05, 0.1) is 18.5 Å². The minimum Gasteiger partial charge on any atom is -0.491 e. The predicted molar refractivity (Wildman–Crippen MR) is 101 cm³/mol. The Morgan fingerprint density at radius 2 is 2.08 bits per heavy atom. The Morgan fingerprint density at radius 1 is 1.19 bits per heavy atom. The molecular weight excluding hydrogens is 328 g/mol. The molecule has 0 bridgehead atoms. The third kappa shape index (κ3) is 3.60. The van der Waals surface area contributed by atoms with E-state index in [-0.39, 0.29) is 5.91 Å². The summed E-state index contributed by atoms with van der Waals surface area (Å²) in [5, 5.41) is 7.29. The van der Waals surface area contributed by atoms with Gasteiger partial charge in [-0.15, -0.1) is 0 Å². The number of benzene rings is 1. The molecule has 2 aromatic rings. The molecule has 1 saturated heterocycles. The summed E-state index contributed by atoms with van der Waals surface area (Å²) in [6, 6.07) is 5.94. The lowest BCUT2D eigenvalue weighted by Crippen LogP contribution is -2.40. The fraction of sp³-hybridized carbons (Fsp3) is 0.500. The van der Waals surface area contributed by atoms with Crippen LogP contribution in [0.5, 0.6) is 5.75 Å². The number of aryl methyl sites for hydroxylation is 1. The highest BCUT2D eigenvalue weighted by molar-refractivity contribution is 5.93. The fourth-order valence-electron chi connectivity index (χ4n) is 4.11. The molecule has 4 rings (SSSR count). The molecule has 6 heteroatoms. The first-order chi connectivity index (χ1) is 12.6. The van der Waals surface area contributed by atoms with E-state index in [1.54, 1.807) is 4.68 Å². The highest BCUT2D eigenvalue weighted by Gasteiger charge is 2.30. The molecule has 2 aliphatic rings. The summed E-state index contributed by atoms with van der Waals surface area (Å²) >= 11 is 0. The van der Waals surface area contributed by atoms with Crippen LogP contribution in [0.1, 0.15) is 19.3 Å². The van der Waals surface area contributed by atoms with Crippen LogP contribution in [0, 0.1) is 11.8 Å². The molecular formula is C20H26N4O2. The van der Waals surface area contributed by atoms with Crippen molar-refractivity contribution in [1.29, 1.82) is 0 Å². The molecule has 1 aromatic heterocycles. The second kappa shape index (κ2) is 7.11. The number of carbonyl (C=O) groups excluding carboxylic acids is 1. The van der Waals surface area contributed by atoms with E-state index in [1.165, 1.54) is 0 Å². The Labute approximate surface area is 154 Å². The molecule has 0 unspecified atom stereocenters. The van der Waals surface area contributed by atoms with Crippen molar-refractivity contribution in [2.75, 3.05) is 32.1 Å². The second-order valence-electron chi connectivity index (χ2n) is 7.57. The van der Waals surface area contributed by atoms with Crippen LogP contribution in [0.25, 0.3) is 11.1 Å². The fourth-order valence-corrected chi connectivity index (χ4v) is 4.11. The number of nitrogens with zero attached hydrogens (tertiary/aromatic N) is 3. The van der Waals surface area contributed by atoms with Gasteiger partial charge in [-0.3, -0.25) is 9.48 Å². The number of hydrogen-bond acceptors (Lipinski definition) is 4. The Kier molecular flexibility index (Phi) is 4.68. The molecule has 2 aliphatic heterocycles. The van der Waals surface area contributed by atoms with Gasteiger partial charge in [0.2, 0.25) is 5.91 Å². The van der Waals surface area contributed by atoms with Crippen molar-refractivity contribution in [2.45, 2.75) is 19.3 Å². The van der Waals surface area contributed by atoms with E-state index in [4.69, 9.17) is 4.74 Å². The van der Waals surface area contributed by atoms with Crippen molar-refractivity contribution in [3.63, 3.8) is 0 Å². The van der Waals surface area contributed by atoms with Crippen molar-refractivity contribution in [3.8, 4) is 16.9 Å². The zero-order valence-electron chi connectivity index (χ0n) is 15.4. The van der Waals surface area contributed by atoms with E-state index in [2.05, 4.69) is 22.4 Å². The number of carbonyl (C=O) groups is 1. The first-order valence-electron chi connectivity index (χ1n) is 9.33. The summed E-state index contributed by atoms with van der Waals surface area (Å²) in [5.41, 5.74) is 2.84. The van der Waals surface area contributed by atoms with Crippen molar-refractivity contribution in [2.24, 2.45) is 18.9 Å². The lowest BCUT2D eigenvalue weighted by atomic mass is 9.81. The topological polar surface area (TPSA) is 59.4 Å². The van der Waals surface area contributed by atoms with Gasteiger partial charge in [0, 0.05) is 31.8 Å². The van der Waals surface area contributed by atoms with Gasteiger partial charge in [-0.25, -0.2) is 0 Å². The number of amides is 1. The molecule has 26 heavy (non-hydrogen) atoms. The monoisotopic (exact) mass is 354 g/mol. The molecule has 0 radical (unpaired) electrons. The summed E-state index contributed by atoms with van der Waals surface area (Å²) in [5.74, 6) is 1.79. The molecule has 1 N–H and O–H groups in total. The van der Waals surface area contributed by atoms with Crippen molar-refractivity contribution in [1.82, 2.24) is 14.7 Å². The lowest BCUT2D eigenvalue weighted by Gasteiger charge is -2.37. The lowest BCUT2D eigenvalue weighted by molar-refractivity contribution is -0.118. The minimum atomic E-state index is 0.0884. The molecule has 6 nitrogen and oxygen atoms in total. The highest BCUT2D eigenvalue weighted by Crippen LogP contribution is 2.34. The van der Waals surface area contributed by atoms with Gasteiger partial charge in [0.1, 0.15) is 5.75 Å². The number of piperidine rings is 1. The van der Waals surface area contributed by atoms with Crippen LogP contribution >= 0.6 is 0 Å². The van der Waals surface area contributed by atoms with Gasteiger partial charge in [0.15, 0.2) is 0 Å². The summed E-state index contributed by atoms with van der Waals surface area (Å²) < 4.78 is 7.89. The number of nitrogens with one attached hydrogen (secondary N) is 1. The van der Waals surface area contributed by atoms with E-state index in [0.29, 0.717) is 24.9 Å². The Bertz CT molecular complexity index is 801.